The van der Waals surface area contributed by atoms with Crippen LogP contribution in [0.15, 0.2) is 23.2 Å². The number of halogens is 2. The number of carbonyl (C=O) groups is 1. The number of carbonyl (C=O) groups excluding carboxylic acids is 1. The molecule has 1 amide bonds. The lowest BCUT2D eigenvalue weighted by Gasteiger charge is -2.18. The molecule has 1 atom stereocenters. The minimum Gasteiger partial charge on any atom is -0.465 e. The van der Waals surface area contributed by atoms with Crippen LogP contribution in [0.5, 0.6) is 0 Å². The molecular weight excluding hydrogens is 385 g/mol. The van der Waals surface area contributed by atoms with Gasteiger partial charge in [-0.15, -0.1) is 0 Å². The summed E-state index contributed by atoms with van der Waals surface area (Å²) < 4.78 is 5.63. The molecule has 0 saturated carbocycles. The Balaban J connectivity index is 2.70. The number of amidine groups is 1. The number of hydrogen-bond acceptors (Lipinski definition) is 4. The number of hydrogen-bond donors (Lipinski definition) is 1. The van der Waals surface area contributed by atoms with Crippen molar-refractivity contribution in [2.45, 2.75) is 53.0 Å². The Bertz CT molecular complexity index is 619. The maximum Gasteiger partial charge on any atom is 0.291 e. The van der Waals surface area contributed by atoms with E-state index in [0.29, 0.717) is 22.2 Å². The number of nitrogens with one attached hydrogen (secondary N) is 1. The average Bonchev–Trinajstić information content (AvgIpc) is 2.65. The average molecular weight is 416 g/mol. The zero-order chi connectivity index (χ0) is 20.2. The van der Waals surface area contributed by atoms with Gasteiger partial charge in [-0.25, -0.2) is 4.99 Å². The van der Waals surface area contributed by atoms with Crippen molar-refractivity contribution >= 4 is 35.1 Å². The van der Waals surface area contributed by atoms with Gasteiger partial charge in [-0.2, -0.15) is 0 Å². The van der Waals surface area contributed by atoms with E-state index >= 15 is 0 Å². The summed E-state index contributed by atoms with van der Waals surface area (Å²) in [5, 5.41) is 3.49. The third-order valence-electron chi connectivity index (χ3n) is 4.17. The highest BCUT2D eigenvalue weighted by molar-refractivity contribution is 6.42. The summed E-state index contributed by atoms with van der Waals surface area (Å²) in [6.07, 6.45) is 2.81. The van der Waals surface area contributed by atoms with Crippen LogP contribution < -0.4 is 5.32 Å². The van der Waals surface area contributed by atoms with Crippen molar-refractivity contribution < 1.29 is 9.53 Å². The molecule has 0 spiro atoms. The second-order valence-corrected chi connectivity index (χ2v) is 7.20. The molecule has 27 heavy (non-hydrogen) atoms. The monoisotopic (exact) mass is 415 g/mol. The number of rotatable bonds is 10. The van der Waals surface area contributed by atoms with Crippen molar-refractivity contribution in [3.8, 4) is 0 Å². The van der Waals surface area contributed by atoms with Gasteiger partial charge in [0.15, 0.2) is 0 Å². The summed E-state index contributed by atoms with van der Waals surface area (Å²) in [7, 11) is 0. The van der Waals surface area contributed by atoms with Gasteiger partial charge in [-0.1, -0.05) is 44.0 Å². The maximum absolute atomic E-state index is 12.5. The molecule has 0 radical (unpaired) electrons. The van der Waals surface area contributed by atoms with Gasteiger partial charge in [0.1, 0.15) is 0 Å². The highest BCUT2D eigenvalue weighted by Crippen LogP contribution is 2.22. The summed E-state index contributed by atoms with van der Waals surface area (Å²) in [4.78, 5) is 19.4. The van der Waals surface area contributed by atoms with Crippen LogP contribution in [0.3, 0.4) is 0 Å². The Kier molecular flexibility index (Phi) is 11.4. The summed E-state index contributed by atoms with van der Waals surface area (Å²) >= 11 is 11.9. The largest absolute Gasteiger partial charge is 0.465 e. The van der Waals surface area contributed by atoms with E-state index in [4.69, 9.17) is 27.9 Å². The first-order chi connectivity index (χ1) is 12.9. The molecule has 0 aliphatic rings. The summed E-state index contributed by atoms with van der Waals surface area (Å²) in [5.74, 6) is -0.321. The van der Waals surface area contributed by atoms with Crippen molar-refractivity contribution in [3.05, 3.63) is 33.8 Å². The van der Waals surface area contributed by atoms with E-state index in [-0.39, 0.29) is 18.0 Å². The van der Waals surface area contributed by atoms with Gasteiger partial charge in [-0.05, 0) is 64.0 Å². The Morgan fingerprint density at radius 1 is 1.22 bits per heavy atom. The maximum atomic E-state index is 12.5. The number of aliphatic imine (C=N–C) groups is 1. The van der Waals surface area contributed by atoms with Crippen molar-refractivity contribution in [2.24, 2.45) is 4.99 Å². The first-order valence-corrected chi connectivity index (χ1v) is 10.4. The number of amides is 1. The summed E-state index contributed by atoms with van der Waals surface area (Å²) in [6, 6.07) is 5.06. The smallest absolute Gasteiger partial charge is 0.291 e. The second-order valence-electron chi connectivity index (χ2n) is 6.38. The molecule has 1 N–H and O–H groups in total. The lowest BCUT2D eigenvalue weighted by molar-refractivity contribution is 0.0965. The van der Waals surface area contributed by atoms with Crippen LogP contribution >= 0.6 is 23.2 Å². The van der Waals surface area contributed by atoms with Crippen molar-refractivity contribution in [2.75, 3.05) is 26.2 Å². The molecule has 0 aliphatic heterocycles. The fourth-order valence-corrected chi connectivity index (χ4v) is 2.82. The van der Waals surface area contributed by atoms with Gasteiger partial charge >= 0.3 is 0 Å². The molecule has 0 aromatic heterocycles. The van der Waals surface area contributed by atoms with Crippen LogP contribution in [-0.4, -0.2) is 49.1 Å². The van der Waals surface area contributed by atoms with Crippen LogP contribution in [-0.2, 0) is 4.74 Å². The number of benzene rings is 1. The molecular formula is C20H31Cl2N3O2. The topological polar surface area (TPSA) is 53.9 Å². The molecule has 1 aromatic carbocycles. The van der Waals surface area contributed by atoms with E-state index in [0.717, 1.165) is 38.9 Å². The SMILES string of the molecule is CCCOC(=NC(C)CCCN(CC)CC)NC(=O)c1ccc(Cl)c(Cl)c1. The highest BCUT2D eigenvalue weighted by atomic mass is 35.5. The minimum atomic E-state index is -0.321. The lowest BCUT2D eigenvalue weighted by Crippen LogP contribution is -2.34. The van der Waals surface area contributed by atoms with Gasteiger partial charge in [-0.3, -0.25) is 10.1 Å². The van der Waals surface area contributed by atoms with Gasteiger partial charge in [0.2, 0.25) is 0 Å². The van der Waals surface area contributed by atoms with Gasteiger partial charge in [0.05, 0.1) is 22.7 Å². The molecule has 0 saturated heterocycles. The second kappa shape index (κ2) is 13.0. The lowest BCUT2D eigenvalue weighted by atomic mass is 10.2. The van der Waals surface area contributed by atoms with Gasteiger partial charge in [0.25, 0.3) is 11.9 Å². The molecule has 0 aliphatic carbocycles. The Hall–Kier alpha value is -1.30. The molecule has 7 heteroatoms. The van der Waals surface area contributed by atoms with E-state index in [2.05, 4.69) is 29.1 Å². The van der Waals surface area contributed by atoms with Crippen molar-refractivity contribution in [3.63, 3.8) is 0 Å². The fraction of sp³-hybridized carbons (Fsp3) is 0.600. The van der Waals surface area contributed by atoms with E-state index < -0.39 is 0 Å². The predicted molar refractivity (Wildman–Crippen MR) is 114 cm³/mol. The third kappa shape index (κ3) is 8.96. The van der Waals surface area contributed by atoms with Crippen molar-refractivity contribution in [1.82, 2.24) is 10.2 Å². The summed E-state index contributed by atoms with van der Waals surface area (Å²) in [5.41, 5.74) is 0.409. The van der Waals surface area contributed by atoms with Gasteiger partial charge in [0, 0.05) is 5.56 Å². The molecule has 1 rings (SSSR count). The summed E-state index contributed by atoms with van der Waals surface area (Å²) in [6.45, 7) is 12.0. The number of nitrogens with zero attached hydrogens (tertiary/aromatic N) is 2. The highest BCUT2D eigenvalue weighted by Gasteiger charge is 2.13. The zero-order valence-electron chi connectivity index (χ0n) is 16.7. The molecule has 1 aromatic rings. The predicted octanol–water partition coefficient (Wildman–Crippen LogP) is 5.02. The molecule has 0 fully saturated rings. The third-order valence-corrected chi connectivity index (χ3v) is 4.91. The Labute approximate surface area is 173 Å². The quantitative estimate of drug-likeness (QED) is 0.431. The molecule has 5 nitrogen and oxygen atoms in total. The first kappa shape index (κ1) is 23.7. The molecule has 0 heterocycles. The Morgan fingerprint density at radius 3 is 2.52 bits per heavy atom. The normalized spacial score (nSPS) is 12.9. The van der Waals surface area contributed by atoms with Crippen molar-refractivity contribution in [1.29, 1.82) is 0 Å². The van der Waals surface area contributed by atoms with E-state index in [1.807, 2.05) is 13.8 Å². The van der Waals surface area contributed by atoms with Gasteiger partial charge < -0.3 is 9.64 Å². The molecule has 0 bridgehead atoms. The minimum absolute atomic E-state index is 0.0570. The van der Waals surface area contributed by atoms with Crippen LogP contribution in [0.2, 0.25) is 10.0 Å². The number of ether oxygens (including phenoxy) is 1. The zero-order valence-corrected chi connectivity index (χ0v) is 18.2. The van der Waals surface area contributed by atoms with E-state index in [1.165, 1.54) is 6.07 Å². The molecule has 1 unspecified atom stereocenters. The Morgan fingerprint density at radius 2 is 1.93 bits per heavy atom. The fourth-order valence-electron chi connectivity index (χ4n) is 2.53. The van der Waals surface area contributed by atoms with Crippen LogP contribution in [0.4, 0.5) is 0 Å². The first-order valence-electron chi connectivity index (χ1n) is 9.60. The van der Waals surface area contributed by atoms with E-state index in [9.17, 15) is 4.79 Å². The molecule has 152 valence electrons. The van der Waals surface area contributed by atoms with E-state index in [1.54, 1.807) is 12.1 Å². The standard InChI is InChI=1S/C20H31Cl2N3O2/c1-5-13-27-20(23-15(4)9-8-12-25(6-2)7-3)24-19(26)16-10-11-17(21)18(22)14-16/h10-11,14-15H,5-9,12-13H2,1-4H3,(H,23,24,26). The van der Waals surface area contributed by atoms with Crippen LogP contribution in [0, 0.1) is 0 Å². The van der Waals surface area contributed by atoms with Crippen LogP contribution in [0.25, 0.3) is 0 Å². The van der Waals surface area contributed by atoms with Crippen LogP contribution in [0.1, 0.15) is 57.3 Å².